The van der Waals surface area contributed by atoms with E-state index >= 15 is 0 Å². The maximum atomic E-state index is 6.03. The molecule has 0 aliphatic heterocycles. The number of hydrogen-bond acceptors (Lipinski definition) is 4. The van der Waals surface area contributed by atoms with Crippen LogP contribution in [0.25, 0.3) is 5.70 Å². The quantitative estimate of drug-likeness (QED) is 0.646. The molecule has 104 valence electrons. The van der Waals surface area contributed by atoms with Crippen LogP contribution in [0.5, 0.6) is 5.75 Å². The van der Waals surface area contributed by atoms with E-state index in [1.54, 1.807) is 18.3 Å². The maximum absolute atomic E-state index is 6.03. The van der Waals surface area contributed by atoms with Crippen LogP contribution < -0.4 is 16.3 Å². The highest BCUT2D eigenvalue weighted by atomic mass is 16.5. The molecule has 0 aliphatic carbocycles. The largest absolute Gasteiger partial charge is 0.496 e. The lowest BCUT2D eigenvalue weighted by atomic mass is 10.1. The zero-order valence-electron chi connectivity index (χ0n) is 11.5. The fraction of sp³-hybridized carbons (Fsp3) is 0.125. The third kappa shape index (κ3) is 3.52. The zero-order valence-corrected chi connectivity index (χ0v) is 11.5. The summed E-state index contributed by atoms with van der Waals surface area (Å²) < 4.78 is 5.30. The smallest absolute Gasteiger partial charge is 0.123 e. The summed E-state index contributed by atoms with van der Waals surface area (Å²) >= 11 is 0. The first-order valence-corrected chi connectivity index (χ1v) is 6.36. The van der Waals surface area contributed by atoms with Crippen LogP contribution in [0.4, 0.5) is 0 Å². The van der Waals surface area contributed by atoms with Crippen LogP contribution in [-0.2, 0) is 6.54 Å². The first-order valence-electron chi connectivity index (χ1n) is 6.36. The van der Waals surface area contributed by atoms with E-state index in [0.29, 0.717) is 12.2 Å². The van der Waals surface area contributed by atoms with E-state index in [1.807, 2.05) is 54.6 Å². The normalized spacial score (nSPS) is 11.2. The number of hydrazine groups is 1. The summed E-state index contributed by atoms with van der Waals surface area (Å²) in [6, 6.07) is 17.5. The molecule has 20 heavy (non-hydrogen) atoms. The topological polar surface area (TPSA) is 64.5 Å². The van der Waals surface area contributed by atoms with Gasteiger partial charge in [0.05, 0.1) is 19.4 Å². The molecule has 0 atom stereocenters. The lowest BCUT2D eigenvalue weighted by molar-refractivity contribution is 0.363. The van der Waals surface area contributed by atoms with Crippen LogP contribution in [0.1, 0.15) is 11.1 Å². The standard InChI is InChI=1S/C16H19N3O/c1-20-16-10-6-5-9-14(16)11-19(18)12-15(17)13-7-3-2-4-8-13/h2-10,12H,11,17-18H2,1H3/b15-12-. The van der Waals surface area contributed by atoms with Crippen molar-refractivity contribution < 1.29 is 4.74 Å². The predicted molar refractivity (Wildman–Crippen MR) is 81.3 cm³/mol. The molecule has 0 aromatic heterocycles. The Hall–Kier alpha value is -2.46. The molecule has 4 N–H and O–H groups in total. The molecule has 0 saturated carbocycles. The van der Waals surface area contributed by atoms with Crippen molar-refractivity contribution in [1.82, 2.24) is 5.01 Å². The van der Waals surface area contributed by atoms with E-state index in [1.165, 1.54) is 0 Å². The number of ether oxygens (including phenoxy) is 1. The van der Waals surface area contributed by atoms with E-state index in [2.05, 4.69) is 0 Å². The molecular weight excluding hydrogens is 250 g/mol. The van der Waals surface area contributed by atoms with Gasteiger partial charge in [-0.15, -0.1) is 0 Å². The van der Waals surface area contributed by atoms with Gasteiger partial charge in [-0.25, -0.2) is 5.84 Å². The molecule has 4 heteroatoms. The summed E-state index contributed by atoms with van der Waals surface area (Å²) in [7, 11) is 1.65. The number of benzene rings is 2. The molecular formula is C16H19N3O. The van der Waals surface area contributed by atoms with E-state index in [-0.39, 0.29) is 0 Å². The zero-order chi connectivity index (χ0) is 14.4. The van der Waals surface area contributed by atoms with Crippen LogP contribution in [-0.4, -0.2) is 12.1 Å². The van der Waals surface area contributed by atoms with E-state index < -0.39 is 0 Å². The fourth-order valence-corrected chi connectivity index (χ4v) is 1.96. The molecule has 4 nitrogen and oxygen atoms in total. The van der Waals surface area contributed by atoms with Crippen LogP contribution in [0.15, 0.2) is 60.8 Å². The van der Waals surface area contributed by atoms with Gasteiger partial charge in [-0.3, -0.25) is 0 Å². The lowest BCUT2D eigenvalue weighted by Crippen LogP contribution is -2.25. The Morgan fingerprint density at radius 2 is 1.75 bits per heavy atom. The SMILES string of the molecule is COc1ccccc1CN(N)/C=C(\N)c1ccccc1. The third-order valence-electron chi connectivity index (χ3n) is 2.96. The first-order chi connectivity index (χ1) is 9.70. The molecule has 0 bridgehead atoms. The fourth-order valence-electron chi connectivity index (χ4n) is 1.96. The molecule has 0 aliphatic rings. The summed E-state index contributed by atoms with van der Waals surface area (Å²) in [4.78, 5) is 0. The van der Waals surface area contributed by atoms with E-state index in [0.717, 1.165) is 16.9 Å². The second-order valence-corrected chi connectivity index (χ2v) is 4.43. The monoisotopic (exact) mass is 269 g/mol. The number of rotatable bonds is 5. The number of methoxy groups -OCH3 is 1. The summed E-state index contributed by atoms with van der Waals surface area (Å²) in [6.07, 6.45) is 1.72. The van der Waals surface area contributed by atoms with Crippen molar-refractivity contribution in [3.63, 3.8) is 0 Å². The van der Waals surface area contributed by atoms with Gasteiger partial charge in [0.1, 0.15) is 5.75 Å². The minimum Gasteiger partial charge on any atom is -0.496 e. The molecule has 0 fully saturated rings. The van der Waals surface area contributed by atoms with E-state index in [4.69, 9.17) is 16.3 Å². The highest BCUT2D eigenvalue weighted by Crippen LogP contribution is 2.19. The Labute approximate surface area is 119 Å². The van der Waals surface area contributed by atoms with Gasteiger partial charge in [0.2, 0.25) is 0 Å². The number of para-hydroxylation sites is 1. The molecule has 0 radical (unpaired) electrons. The number of nitrogens with zero attached hydrogens (tertiary/aromatic N) is 1. The van der Waals surface area contributed by atoms with Crippen molar-refractivity contribution in [1.29, 1.82) is 0 Å². The Balaban J connectivity index is 2.11. The Kier molecular flexibility index (Phi) is 4.63. The summed E-state index contributed by atoms with van der Waals surface area (Å²) in [5, 5.41) is 1.56. The Bertz CT molecular complexity index is 581. The minimum atomic E-state index is 0.525. The summed E-state index contributed by atoms with van der Waals surface area (Å²) in [5.74, 6) is 6.80. The summed E-state index contributed by atoms with van der Waals surface area (Å²) in [6.45, 7) is 0.525. The van der Waals surface area contributed by atoms with Gasteiger partial charge in [0.25, 0.3) is 0 Å². The summed E-state index contributed by atoms with van der Waals surface area (Å²) in [5.41, 5.74) is 8.61. The van der Waals surface area contributed by atoms with Crippen molar-refractivity contribution in [2.24, 2.45) is 11.6 Å². The lowest BCUT2D eigenvalue weighted by Gasteiger charge is -2.17. The first kappa shape index (κ1) is 14.0. The van der Waals surface area contributed by atoms with Crippen molar-refractivity contribution in [2.45, 2.75) is 6.54 Å². The van der Waals surface area contributed by atoms with Crippen molar-refractivity contribution in [2.75, 3.05) is 7.11 Å². The van der Waals surface area contributed by atoms with Gasteiger partial charge in [0, 0.05) is 11.8 Å². The highest BCUT2D eigenvalue weighted by molar-refractivity contribution is 5.61. The second kappa shape index (κ2) is 6.63. The molecule has 0 saturated heterocycles. The number of nitrogens with two attached hydrogens (primary N) is 2. The van der Waals surface area contributed by atoms with Crippen LogP contribution >= 0.6 is 0 Å². The van der Waals surface area contributed by atoms with Crippen LogP contribution in [0.2, 0.25) is 0 Å². The molecule has 2 aromatic rings. The van der Waals surface area contributed by atoms with Crippen molar-refractivity contribution >= 4 is 5.70 Å². The van der Waals surface area contributed by atoms with Gasteiger partial charge < -0.3 is 15.5 Å². The average molecular weight is 269 g/mol. The molecule has 0 unspecified atom stereocenters. The molecule has 0 spiro atoms. The highest BCUT2D eigenvalue weighted by Gasteiger charge is 2.04. The molecule has 0 heterocycles. The Morgan fingerprint density at radius 3 is 2.45 bits per heavy atom. The third-order valence-corrected chi connectivity index (χ3v) is 2.96. The Morgan fingerprint density at radius 1 is 1.10 bits per heavy atom. The van der Waals surface area contributed by atoms with Crippen molar-refractivity contribution in [3.8, 4) is 5.75 Å². The number of hydrogen-bond donors (Lipinski definition) is 2. The van der Waals surface area contributed by atoms with Gasteiger partial charge in [-0.2, -0.15) is 0 Å². The van der Waals surface area contributed by atoms with Gasteiger partial charge >= 0.3 is 0 Å². The second-order valence-electron chi connectivity index (χ2n) is 4.43. The van der Waals surface area contributed by atoms with Gasteiger partial charge in [0.15, 0.2) is 0 Å². The minimum absolute atomic E-state index is 0.525. The van der Waals surface area contributed by atoms with Crippen LogP contribution in [0, 0.1) is 0 Å². The molecule has 2 aromatic carbocycles. The van der Waals surface area contributed by atoms with Gasteiger partial charge in [-0.05, 0) is 11.6 Å². The molecule has 0 amide bonds. The average Bonchev–Trinajstić information content (AvgIpc) is 2.48. The molecule has 2 rings (SSSR count). The van der Waals surface area contributed by atoms with Crippen molar-refractivity contribution in [3.05, 3.63) is 71.9 Å². The maximum Gasteiger partial charge on any atom is 0.123 e. The van der Waals surface area contributed by atoms with E-state index in [9.17, 15) is 0 Å². The predicted octanol–water partition coefficient (Wildman–Crippen LogP) is 2.33. The van der Waals surface area contributed by atoms with Gasteiger partial charge in [-0.1, -0.05) is 48.5 Å². The van der Waals surface area contributed by atoms with Crippen LogP contribution in [0.3, 0.4) is 0 Å².